The molecule has 152 valence electrons. The van der Waals surface area contributed by atoms with Crippen molar-refractivity contribution in [3.8, 4) is 5.88 Å². The van der Waals surface area contributed by atoms with Crippen molar-refractivity contribution in [2.24, 2.45) is 7.05 Å². The average Bonchev–Trinajstić information content (AvgIpc) is 3.19. The van der Waals surface area contributed by atoms with Gasteiger partial charge in [-0.1, -0.05) is 11.2 Å². The summed E-state index contributed by atoms with van der Waals surface area (Å²) in [5, 5.41) is 8.57. The second-order valence-electron chi connectivity index (χ2n) is 7.45. The van der Waals surface area contributed by atoms with Crippen LogP contribution in [0.25, 0.3) is 0 Å². The van der Waals surface area contributed by atoms with Gasteiger partial charge in [-0.3, -0.25) is 9.48 Å². The molecule has 8 nitrogen and oxygen atoms in total. The lowest BCUT2D eigenvalue weighted by Gasteiger charge is -2.27. The molecule has 0 unspecified atom stereocenters. The highest BCUT2D eigenvalue weighted by atomic mass is 16.5. The summed E-state index contributed by atoms with van der Waals surface area (Å²) < 4.78 is 12.9. The standard InChI is InChI=1S/C21H25N5O3/c1-13-6-5-7-20(22-13)28-12-18-17-11-26(9-8-19(17)25(4)23-18)21(27)10-16-14(2)24-29-15(16)3/h5-7H,8-12H2,1-4H3. The number of pyridine rings is 1. The van der Waals surface area contributed by atoms with E-state index in [4.69, 9.17) is 9.26 Å². The highest BCUT2D eigenvalue weighted by molar-refractivity contribution is 5.79. The predicted octanol–water partition coefficient (Wildman–Crippen LogP) is 2.43. The minimum Gasteiger partial charge on any atom is -0.471 e. The van der Waals surface area contributed by atoms with Crippen LogP contribution in [-0.2, 0) is 37.8 Å². The van der Waals surface area contributed by atoms with Crippen LogP contribution >= 0.6 is 0 Å². The average molecular weight is 395 g/mol. The van der Waals surface area contributed by atoms with Crippen molar-refractivity contribution in [2.45, 2.75) is 46.8 Å². The molecule has 4 rings (SSSR count). The van der Waals surface area contributed by atoms with E-state index in [0.717, 1.165) is 40.3 Å². The van der Waals surface area contributed by atoms with Crippen LogP contribution in [0, 0.1) is 20.8 Å². The van der Waals surface area contributed by atoms with Gasteiger partial charge in [-0.25, -0.2) is 4.98 Å². The quantitative estimate of drug-likeness (QED) is 0.660. The Morgan fingerprint density at radius 2 is 2.10 bits per heavy atom. The Labute approximate surface area is 169 Å². The van der Waals surface area contributed by atoms with Crippen LogP contribution in [0.1, 0.15) is 39.7 Å². The monoisotopic (exact) mass is 395 g/mol. The number of aryl methyl sites for hydroxylation is 4. The number of nitrogens with zero attached hydrogens (tertiary/aromatic N) is 5. The van der Waals surface area contributed by atoms with Crippen molar-refractivity contribution in [3.05, 3.63) is 57.9 Å². The van der Waals surface area contributed by atoms with Gasteiger partial charge in [0.1, 0.15) is 18.1 Å². The fourth-order valence-corrected chi connectivity index (χ4v) is 3.76. The second kappa shape index (κ2) is 7.69. The third kappa shape index (κ3) is 3.87. The lowest BCUT2D eigenvalue weighted by molar-refractivity contribution is -0.131. The Hall–Kier alpha value is -3.16. The summed E-state index contributed by atoms with van der Waals surface area (Å²) in [6, 6.07) is 5.68. The van der Waals surface area contributed by atoms with Crippen molar-refractivity contribution < 1.29 is 14.1 Å². The normalized spacial score (nSPS) is 13.4. The van der Waals surface area contributed by atoms with Gasteiger partial charge in [-0.2, -0.15) is 5.10 Å². The van der Waals surface area contributed by atoms with E-state index in [-0.39, 0.29) is 5.91 Å². The van der Waals surface area contributed by atoms with Crippen molar-refractivity contribution >= 4 is 5.91 Å². The van der Waals surface area contributed by atoms with Crippen molar-refractivity contribution in [1.82, 2.24) is 24.8 Å². The Kier molecular flexibility index (Phi) is 5.08. The zero-order valence-electron chi connectivity index (χ0n) is 17.2. The SMILES string of the molecule is Cc1cccc(OCc2nn(C)c3c2CN(C(=O)Cc2c(C)noc2C)CC3)n1. The molecule has 0 saturated heterocycles. The second-order valence-corrected chi connectivity index (χ2v) is 7.45. The fourth-order valence-electron chi connectivity index (χ4n) is 3.76. The molecule has 3 aromatic rings. The van der Waals surface area contributed by atoms with E-state index in [9.17, 15) is 4.79 Å². The van der Waals surface area contributed by atoms with Gasteiger partial charge in [0, 0.05) is 55.1 Å². The van der Waals surface area contributed by atoms with Gasteiger partial charge in [0.25, 0.3) is 0 Å². The van der Waals surface area contributed by atoms with Crippen LogP contribution in [0.5, 0.6) is 5.88 Å². The molecule has 1 aliphatic rings. The molecule has 8 heteroatoms. The first-order valence-corrected chi connectivity index (χ1v) is 9.72. The Bertz CT molecular complexity index is 1030. The third-order valence-corrected chi connectivity index (χ3v) is 5.41. The molecule has 29 heavy (non-hydrogen) atoms. The van der Waals surface area contributed by atoms with Crippen LogP contribution < -0.4 is 4.74 Å². The molecule has 0 aromatic carbocycles. The van der Waals surface area contributed by atoms with Gasteiger partial charge in [0.2, 0.25) is 11.8 Å². The van der Waals surface area contributed by atoms with Gasteiger partial charge >= 0.3 is 0 Å². The molecule has 0 aliphatic carbocycles. The van der Waals surface area contributed by atoms with Gasteiger partial charge in [0.15, 0.2) is 0 Å². The molecule has 0 saturated carbocycles. The van der Waals surface area contributed by atoms with Crippen LogP contribution in [0.15, 0.2) is 22.7 Å². The number of aromatic nitrogens is 4. The summed E-state index contributed by atoms with van der Waals surface area (Å²) >= 11 is 0. The Morgan fingerprint density at radius 1 is 1.28 bits per heavy atom. The summed E-state index contributed by atoms with van der Waals surface area (Å²) in [5.41, 5.74) is 5.62. The van der Waals surface area contributed by atoms with Crippen molar-refractivity contribution in [1.29, 1.82) is 0 Å². The van der Waals surface area contributed by atoms with E-state index in [0.29, 0.717) is 37.8 Å². The summed E-state index contributed by atoms with van der Waals surface area (Å²) in [6.45, 7) is 7.17. The zero-order chi connectivity index (χ0) is 20.5. The van der Waals surface area contributed by atoms with Crippen molar-refractivity contribution in [2.75, 3.05) is 6.54 Å². The molecule has 0 spiro atoms. The molecular formula is C21H25N5O3. The lowest BCUT2D eigenvalue weighted by Crippen LogP contribution is -2.37. The van der Waals surface area contributed by atoms with Crippen LogP contribution in [0.4, 0.5) is 0 Å². The summed E-state index contributed by atoms with van der Waals surface area (Å²) in [6.07, 6.45) is 1.07. The van der Waals surface area contributed by atoms with Gasteiger partial charge in [-0.05, 0) is 26.8 Å². The molecule has 3 aromatic heterocycles. The number of hydrogen-bond donors (Lipinski definition) is 0. The fraction of sp³-hybridized carbons (Fsp3) is 0.429. The maximum absolute atomic E-state index is 12.9. The third-order valence-electron chi connectivity index (χ3n) is 5.41. The molecule has 0 bridgehead atoms. The zero-order valence-corrected chi connectivity index (χ0v) is 17.2. The van der Waals surface area contributed by atoms with Crippen LogP contribution in [0.2, 0.25) is 0 Å². The van der Waals surface area contributed by atoms with E-state index in [2.05, 4.69) is 15.2 Å². The van der Waals surface area contributed by atoms with E-state index in [1.807, 2.05) is 55.6 Å². The highest BCUT2D eigenvalue weighted by Crippen LogP contribution is 2.24. The number of rotatable bonds is 5. The van der Waals surface area contributed by atoms with E-state index < -0.39 is 0 Å². The highest BCUT2D eigenvalue weighted by Gasteiger charge is 2.28. The number of hydrogen-bond acceptors (Lipinski definition) is 6. The van der Waals surface area contributed by atoms with Gasteiger partial charge < -0.3 is 14.2 Å². The molecule has 0 N–H and O–H groups in total. The summed E-state index contributed by atoms with van der Waals surface area (Å²) in [4.78, 5) is 19.2. The topological polar surface area (TPSA) is 86.3 Å². The minimum absolute atomic E-state index is 0.0705. The first-order chi connectivity index (χ1) is 13.9. The number of fused-ring (bicyclic) bond motifs is 1. The molecule has 0 fully saturated rings. The largest absolute Gasteiger partial charge is 0.471 e. The molecule has 1 aliphatic heterocycles. The lowest BCUT2D eigenvalue weighted by atomic mass is 10.0. The van der Waals surface area contributed by atoms with Crippen LogP contribution in [-0.4, -0.2) is 37.3 Å². The molecular weight excluding hydrogens is 370 g/mol. The summed E-state index contributed by atoms with van der Waals surface area (Å²) in [7, 11) is 1.94. The molecule has 0 atom stereocenters. The smallest absolute Gasteiger partial charge is 0.227 e. The van der Waals surface area contributed by atoms with Gasteiger partial charge in [0.05, 0.1) is 12.1 Å². The predicted molar refractivity (Wildman–Crippen MR) is 105 cm³/mol. The minimum atomic E-state index is 0.0705. The number of ether oxygens (including phenoxy) is 1. The van der Waals surface area contributed by atoms with Crippen LogP contribution in [0.3, 0.4) is 0 Å². The molecule has 1 amide bonds. The van der Waals surface area contributed by atoms with E-state index >= 15 is 0 Å². The number of carbonyl (C=O) groups is 1. The Morgan fingerprint density at radius 3 is 2.83 bits per heavy atom. The summed E-state index contributed by atoms with van der Waals surface area (Å²) in [5.74, 6) is 1.35. The maximum Gasteiger partial charge on any atom is 0.227 e. The maximum atomic E-state index is 12.9. The first kappa shape index (κ1) is 19.2. The van der Waals surface area contributed by atoms with E-state index in [1.54, 1.807) is 0 Å². The number of carbonyl (C=O) groups excluding carboxylic acids is 1. The Balaban J connectivity index is 1.48. The van der Waals surface area contributed by atoms with Crippen molar-refractivity contribution in [3.63, 3.8) is 0 Å². The van der Waals surface area contributed by atoms with Gasteiger partial charge in [-0.15, -0.1) is 0 Å². The first-order valence-electron chi connectivity index (χ1n) is 9.72. The molecule has 4 heterocycles. The number of amides is 1. The van der Waals surface area contributed by atoms with E-state index in [1.165, 1.54) is 0 Å². The molecule has 0 radical (unpaired) electrons.